The van der Waals surface area contributed by atoms with E-state index in [4.69, 9.17) is 10.1 Å². The average molecular weight is 572 g/mol. The lowest BCUT2D eigenvalue weighted by Crippen LogP contribution is -2.50. The predicted octanol–water partition coefficient (Wildman–Crippen LogP) is 5.72. The Morgan fingerprint density at radius 3 is 2.17 bits per heavy atom. The molecule has 1 heterocycles. The van der Waals surface area contributed by atoms with Gasteiger partial charge in [-0.05, 0) is 73.3 Å². The van der Waals surface area contributed by atoms with Crippen LogP contribution in [0.25, 0.3) is 0 Å². The Bertz CT molecular complexity index is 1300. The summed E-state index contributed by atoms with van der Waals surface area (Å²) in [4.78, 5) is 43.4. The Balaban J connectivity index is 1.51. The van der Waals surface area contributed by atoms with Gasteiger partial charge in [-0.3, -0.25) is 19.4 Å². The number of hydrogen-bond donors (Lipinski definition) is 2. The summed E-state index contributed by atoms with van der Waals surface area (Å²) in [6.45, 7) is 7.03. The van der Waals surface area contributed by atoms with Crippen LogP contribution in [-0.2, 0) is 22.2 Å². The number of carbonyl (C=O) groups excluding carboxylic acids is 2. The zero-order valence-corrected chi connectivity index (χ0v) is 23.6. The standard InChI is InChI=1S/C31H36F3N3O4/c1-29(2,3)23-12-16-30(17-13-23)36-26(21-8-10-24(11-9-21)31(32,33)34)28(41)37(30)19-15-20-4-6-22(7-5-20)27(40)35-18-14-25(38)39/h4-11,23H,12-19H2,1-3H3,(H,35,40)(H,38,39). The van der Waals surface area contributed by atoms with Gasteiger partial charge in [0, 0.05) is 24.2 Å². The van der Waals surface area contributed by atoms with E-state index in [9.17, 15) is 27.6 Å². The normalized spacial score (nSPS) is 21.2. The lowest BCUT2D eigenvalue weighted by Gasteiger charge is -2.45. The van der Waals surface area contributed by atoms with Crippen molar-refractivity contribution in [1.82, 2.24) is 10.2 Å². The molecule has 2 aromatic carbocycles. The summed E-state index contributed by atoms with van der Waals surface area (Å²) in [5, 5.41) is 11.3. The average Bonchev–Trinajstić information content (AvgIpc) is 3.17. The summed E-state index contributed by atoms with van der Waals surface area (Å²) in [5.41, 5.74) is 0.492. The summed E-state index contributed by atoms with van der Waals surface area (Å²) in [6, 6.07) is 11.5. The SMILES string of the molecule is CC(C)(C)C1CCC2(CC1)N=C(c1ccc(C(F)(F)F)cc1)C(=O)N2CCc1ccc(C(=O)NCCC(=O)O)cc1. The van der Waals surface area contributed by atoms with E-state index in [1.54, 1.807) is 29.2 Å². The molecular formula is C31H36F3N3O4. The maximum absolute atomic E-state index is 13.7. The van der Waals surface area contributed by atoms with Crippen LogP contribution >= 0.6 is 0 Å². The van der Waals surface area contributed by atoms with Crippen LogP contribution in [0, 0.1) is 11.3 Å². The Hall–Kier alpha value is -3.69. The Labute approximate surface area is 237 Å². The molecule has 1 aliphatic heterocycles. The van der Waals surface area contributed by atoms with Crippen molar-refractivity contribution in [3.8, 4) is 0 Å². The highest BCUT2D eigenvalue weighted by Gasteiger charge is 2.49. The van der Waals surface area contributed by atoms with Crippen molar-refractivity contribution in [2.45, 2.75) is 71.1 Å². The molecule has 0 atom stereocenters. The third-order valence-corrected chi connectivity index (χ3v) is 8.23. The van der Waals surface area contributed by atoms with E-state index in [-0.39, 0.29) is 35.9 Å². The van der Waals surface area contributed by atoms with Gasteiger partial charge in [-0.2, -0.15) is 13.2 Å². The smallest absolute Gasteiger partial charge is 0.416 e. The minimum absolute atomic E-state index is 0.0341. The number of nitrogens with one attached hydrogen (secondary N) is 1. The van der Waals surface area contributed by atoms with E-state index in [0.717, 1.165) is 30.5 Å². The molecule has 7 nitrogen and oxygen atoms in total. The van der Waals surface area contributed by atoms with Gasteiger partial charge in [0.05, 0.1) is 12.0 Å². The van der Waals surface area contributed by atoms with Gasteiger partial charge in [0.25, 0.3) is 11.8 Å². The van der Waals surface area contributed by atoms with Gasteiger partial charge in [-0.15, -0.1) is 0 Å². The molecule has 2 aromatic rings. The molecule has 1 aliphatic carbocycles. The summed E-state index contributed by atoms with van der Waals surface area (Å²) in [5.74, 6) is -1.16. The van der Waals surface area contributed by atoms with Crippen LogP contribution in [0.3, 0.4) is 0 Å². The van der Waals surface area contributed by atoms with Crippen LogP contribution in [0.15, 0.2) is 53.5 Å². The number of benzene rings is 2. The van der Waals surface area contributed by atoms with Gasteiger partial charge in [0.2, 0.25) is 0 Å². The number of amides is 2. The first kappa shape index (κ1) is 30.3. The molecule has 41 heavy (non-hydrogen) atoms. The Morgan fingerprint density at radius 2 is 1.63 bits per heavy atom. The molecule has 220 valence electrons. The van der Waals surface area contributed by atoms with Gasteiger partial charge in [-0.25, -0.2) is 0 Å². The van der Waals surface area contributed by atoms with Crippen LogP contribution < -0.4 is 5.32 Å². The molecule has 2 N–H and O–H groups in total. The Morgan fingerprint density at radius 1 is 1.02 bits per heavy atom. The number of alkyl halides is 3. The second kappa shape index (κ2) is 11.7. The quantitative estimate of drug-likeness (QED) is 0.424. The van der Waals surface area contributed by atoms with Crippen molar-refractivity contribution < 1.29 is 32.7 Å². The van der Waals surface area contributed by atoms with E-state index in [2.05, 4.69) is 26.1 Å². The van der Waals surface area contributed by atoms with Gasteiger partial charge in [-0.1, -0.05) is 45.0 Å². The first-order chi connectivity index (χ1) is 19.2. The van der Waals surface area contributed by atoms with E-state index in [0.29, 0.717) is 42.9 Å². The molecule has 0 saturated heterocycles. The number of rotatable bonds is 8. The van der Waals surface area contributed by atoms with Crippen molar-refractivity contribution in [1.29, 1.82) is 0 Å². The number of hydrogen-bond acceptors (Lipinski definition) is 4. The molecule has 0 aromatic heterocycles. The van der Waals surface area contributed by atoms with E-state index in [1.165, 1.54) is 12.1 Å². The third kappa shape index (κ3) is 6.97. The van der Waals surface area contributed by atoms with Crippen molar-refractivity contribution in [2.75, 3.05) is 13.1 Å². The van der Waals surface area contributed by atoms with Crippen LogP contribution in [0.2, 0.25) is 0 Å². The summed E-state index contributed by atoms with van der Waals surface area (Å²) in [6.07, 6.45) is -0.977. The number of aliphatic carboxylic acids is 1. The maximum Gasteiger partial charge on any atom is 0.416 e. The molecular weight excluding hydrogens is 535 g/mol. The van der Waals surface area contributed by atoms with Gasteiger partial charge in [0.15, 0.2) is 0 Å². The molecule has 1 spiro atoms. The van der Waals surface area contributed by atoms with Crippen LogP contribution in [-0.4, -0.2) is 52.3 Å². The fraction of sp³-hybridized carbons (Fsp3) is 0.484. The lowest BCUT2D eigenvalue weighted by molar-refractivity contribution is -0.138. The van der Waals surface area contributed by atoms with Crippen molar-refractivity contribution in [2.24, 2.45) is 16.3 Å². The van der Waals surface area contributed by atoms with Gasteiger partial charge in [0.1, 0.15) is 11.4 Å². The van der Waals surface area contributed by atoms with E-state index >= 15 is 0 Å². The molecule has 1 fully saturated rings. The zero-order valence-electron chi connectivity index (χ0n) is 23.6. The largest absolute Gasteiger partial charge is 0.481 e. The van der Waals surface area contributed by atoms with Crippen LogP contribution in [0.1, 0.15) is 79.9 Å². The number of carboxylic acid groups (broad SMARTS) is 1. The summed E-state index contributed by atoms with van der Waals surface area (Å²) >= 11 is 0. The molecule has 10 heteroatoms. The molecule has 1 saturated carbocycles. The highest BCUT2D eigenvalue weighted by molar-refractivity contribution is 6.46. The van der Waals surface area contributed by atoms with Gasteiger partial charge < -0.3 is 15.3 Å². The molecule has 0 radical (unpaired) electrons. The minimum atomic E-state index is -4.46. The van der Waals surface area contributed by atoms with Gasteiger partial charge >= 0.3 is 12.1 Å². The highest BCUT2D eigenvalue weighted by atomic mass is 19.4. The maximum atomic E-state index is 13.7. The van der Waals surface area contributed by atoms with E-state index in [1.807, 2.05) is 0 Å². The monoisotopic (exact) mass is 571 g/mol. The topological polar surface area (TPSA) is 99.1 Å². The number of nitrogens with zero attached hydrogens (tertiary/aromatic N) is 2. The second-order valence-electron chi connectivity index (χ2n) is 12.0. The number of carboxylic acids is 1. The summed E-state index contributed by atoms with van der Waals surface area (Å²) in [7, 11) is 0. The minimum Gasteiger partial charge on any atom is -0.481 e. The van der Waals surface area contributed by atoms with Crippen molar-refractivity contribution >= 4 is 23.5 Å². The van der Waals surface area contributed by atoms with Crippen molar-refractivity contribution in [3.63, 3.8) is 0 Å². The molecule has 2 aliphatic rings. The molecule has 0 bridgehead atoms. The first-order valence-electron chi connectivity index (χ1n) is 13.9. The number of aliphatic imine (C=N–C) groups is 1. The first-order valence-corrected chi connectivity index (χ1v) is 13.9. The molecule has 2 amide bonds. The molecule has 0 unspecified atom stereocenters. The second-order valence-corrected chi connectivity index (χ2v) is 12.0. The fourth-order valence-electron chi connectivity index (χ4n) is 5.72. The number of carbonyl (C=O) groups is 3. The molecule has 4 rings (SSSR count). The van der Waals surface area contributed by atoms with Crippen LogP contribution in [0.4, 0.5) is 13.2 Å². The lowest BCUT2D eigenvalue weighted by atomic mass is 9.69. The van der Waals surface area contributed by atoms with Crippen molar-refractivity contribution in [3.05, 3.63) is 70.8 Å². The number of halogens is 3. The van der Waals surface area contributed by atoms with E-state index < -0.39 is 23.4 Å². The van der Waals surface area contributed by atoms with Crippen LogP contribution in [0.5, 0.6) is 0 Å². The fourth-order valence-corrected chi connectivity index (χ4v) is 5.72. The highest BCUT2D eigenvalue weighted by Crippen LogP contribution is 2.46. The predicted molar refractivity (Wildman–Crippen MR) is 149 cm³/mol. The Kier molecular flexibility index (Phi) is 8.61. The zero-order chi connectivity index (χ0) is 30.0. The third-order valence-electron chi connectivity index (χ3n) is 8.23. The summed E-state index contributed by atoms with van der Waals surface area (Å²) < 4.78 is 39.4.